The van der Waals surface area contributed by atoms with Crippen molar-refractivity contribution in [1.82, 2.24) is 15.5 Å². The molecular formula is C20H28N4O3S. The van der Waals surface area contributed by atoms with Gasteiger partial charge in [0.1, 0.15) is 23.7 Å². The van der Waals surface area contributed by atoms with Gasteiger partial charge >= 0.3 is 0 Å². The second kappa shape index (κ2) is 8.79. The summed E-state index contributed by atoms with van der Waals surface area (Å²) in [5.41, 5.74) is 0.0554. The summed E-state index contributed by atoms with van der Waals surface area (Å²) < 4.78 is 5.53. The number of thiophene rings is 1. The van der Waals surface area contributed by atoms with Crippen molar-refractivity contribution in [2.24, 2.45) is 4.99 Å². The Bertz CT molecular complexity index is 840. The standard InChI is InChI=1S/C20H28N4O3S/c1-4-21-19(23-13-20(3,26)17-6-5-14(2)27-17)22-11-18(25)24-9-7-16-15(12-24)8-10-28-16/h5-6,8,10,26H,4,7,9,11-13H2,1-3H3,(H2,21,22,23). The van der Waals surface area contributed by atoms with Crippen LogP contribution in [0.4, 0.5) is 0 Å². The highest BCUT2D eigenvalue weighted by Crippen LogP contribution is 2.24. The maximum atomic E-state index is 12.6. The van der Waals surface area contributed by atoms with Gasteiger partial charge in [0.15, 0.2) is 5.96 Å². The number of rotatable bonds is 6. The smallest absolute Gasteiger partial charge is 0.244 e. The van der Waals surface area contributed by atoms with E-state index in [4.69, 9.17) is 4.42 Å². The fourth-order valence-corrected chi connectivity index (χ4v) is 4.01. The number of nitrogens with zero attached hydrogens (tertiary/aromatic N) is 2. The molecule has 0 aromatic carbocycles. The zero-order valence-electron chi connectivity index (χ0n) is 16.6. The van der Waals surface area contributed by atoms with Gasteiger partial charge in [-0.15, -0.1) is 11.3 Å². The van der Waals surface area contributed by atoms with E-state index in [9.17, 15) is 9.90 Å². The van der Waals surface area contributed by atoms with Gasteiger partial charge in [-0.1, -0.05) is 0 Å². The Morgan fingerprint density at radius 3 is 2.93 bits per heavy atom. The molecule has 3 heterocycles. The van der Waals surface area contributed by atoms with Crippen LogP contribution in [0.3, 0.4) is 0 Å². The van der Waals surface area contributed by atoms with Gasteiger partial charge in [-0.05, 0) is 56.3 Å². The van der Waals surface area contributed by atoms with Crippen molar-refractivity contribution in [3.05, 3.63) is 45.5 Å². The molecule has 0 saturated carbocycles. The Hall–Kier alpha value is -2.32. The summed E-state index contributed by atoms with van der Waals surface area (Å²) in [6.45, 7) is 7.80. The van der Waals surface area contributed by atoms with Gasteiger partial charge < -0.3 is 25.1 Å². The maximum Gasteiger partial charge on any atom is 0.244 e. The van der Waals surface area contributed by atoms with Gasteiger partial charge in [0, 0.05) is 24.5 Å². The number of fused-ring (bicyclic) bond motifs is 1. The molecule has 1 aliphatic heterocycles. The maximum absolute atomic E-state index is 12.6. The van der Waals surface area contributed by atoms with E-state index in [0.29, 0.717) is 24.8 Å². The number of carbonyl (C=O) groups is 1. The Kier molecular flexibility index (Phi) is 6.41. The molecule has 0 spiro atoms. The van der Waals surface area contributed by atoms with E-state index in [1.807, 2.05) is 24.8 Å². The first-order valence-corrected chi connectivity index (χ1v) is 10.4. The van der Waals surface area contributed by atoms with Gasteiger partial charge in [-0.2, -0.15) is 0 Å². The van der Waals surface area contributed by atoms with Crippen molar-refractivity contribution in [3.63, 3.8) is 0 Å². The average Bonchev–Trinajstić information content (AvgIpc) is 3.32. The third-order valence-electron chi connectivity index (χ3n) is 4.75. The molecule has 8 heteroatoms. The summed E-state index contributed by atoms with van der Waals surface area (Å²) in [5, 5.41) is 18.9. The molecule has 0 radical (unpaired) electrons. The van der Waals surface area contributed by atoms with Crippen molar-refractivity contribution in [2.45, 2.75) is 39.3 Å². The lowest BCUT2D eigenvalue weighted by Crippen LogP contribution is -2.45. The lowest BCUT2D eigenvalue weighted by atomic mass is 10.0. The average molecular weight is 405 g/mol. The number of carbonyl (C=O) groups excluding carboxylic acids is 1. The minimum absolute atomic E-state index is 0.00229. The summed E-state index contributed by atoms with van der Waals surface area (Å²) in [5.74, 6) is 1.73. The van der Waals surface area contributed by atoms with Gasteiger partial charge in [-0.25, -0.2) is 4.99 Å². The molecule has 3 N–H and O–H groups in total. The number of guanidine groups is 1. The molecule has 28 heavy (non-hydrogen) atoms. The van der Waals surface area contributed by atoms with Crippen LogP contribution >= 0.6 is 11.3 Å². The van der Waals surface area contributed by atoms with Crippen molar-refractivity contribution in [2.75, 3.05) is 26.2 Å². The molecule has 0 saturated heterocycles. The first-order valence-electron chi connectivity index (χ1n) is 9.53. The molecule has 3 rings (SSSR count). The normalized spacial score (nSPS) is 16.4. The zero-order valence-corrected chi connectivity index (χ0v) is 17.4. The van der Waals surface area contributed by atoms with Crippen molar-refractivity contribution in [3.8, 4) is 0 Å². The van der Waals surface area contributed by atoms with Gasteiger partial charge in [0.05, 0.1) is 6.54 Å². The number of aliphatic hydroxyl groups is 1. The first-order chi connectivity index (χ1) is 13.4. The lowest BCUT2D eigenvalue weighted by Gasteiger charge is -2.26. The molecule has 1 atom stereocenters. The quantitative estimate of drug-likeness (QED) is 0.506. The van der Waals surface area contributed by atoms with Gasteiger partial charge in [0.2, 0.25) is 5.91 Å². The number of amides is 1. The van der Waals surface area contributed by atoms with Crippen LogP contribution in [0.15, 0.2) is 33.0 Å². The van der Waals surface area contributed by atoms with E-state index in [0.717, 1.165) is 18.7 Å². The fraction of sp³-hybridized carbons (Fsp3) is 0.500. The Labute approximate surface area is 169 Å². The molecule has 1 amide bonds. The van der Waals surface area contributed by atoms with Crippen LogP contribution < -0.4 is 10.6 Å². The van der Waals surface area contributed by atoms with E-state index in [1.165, 1.54) is 10.4 Å². The summed E-state index contributed by atoms with van der Waals surface area (Å²) in [7, 11) is 0. The highest BCUT2D eigenvalue weighted by Gasteiger charge is 2.27. The van der Waals surface area contributed by atoms with E-state index < -0.39 is 5.60 Å². The Balaban J connectivity index is 1.57. The molecule has 1 unspecified atom stereocenters. The van der Waals surface area contributed by atoms with Crippen LogP contribution in [0.5, 0.6) is 0 Å². The first kappa shape index (κ1) is 20.4. The van der Waals surface area contributed by atoms with Crippen molar-refractivity contribution in [1.29, 1.82) is 0 Å². The van der Waals surface area contributed by atoms with E-state index >= 15 is 0 Å². The third-order valence-corrected chi connectivity index (χ3v) is 5.77. The second-order valence-electron chi connectivity index (χ2n) is 7.17. The van der Waals surface area contributed by atoms with Crippen LogP contribution in [0.1, 0.15) is 35.8 Å². The largest absolute Gasteiger partial charge is 0.463 e. The van der Waals surface area contributed by atoms with Crippen LogP contribution in [-0.2, 0) is 23.4 Å². The minimum atomic E-state index is -1.18. The topological polar surface area (TPSA) is 90.1 Å². The molecule has 2 aromatic rings. The van der Waals surface area contributed by atoms with Crippen molar-refractivity contribution < 1.29 is 14.3 Å². The third kappa shape index (κ3) is 4.94. The van der Waals surface area contributed by atoms with E-state index in [1.54, 1.807) is 24.3 Å². The molecule has 1 aliphatic rings. The highest BCUT2D eigenvalue weighted by atomic mass is 32.1. The van der Waals surface area contributed by atoms with Crippen LogP contribution in [0.2, 0.25) is 0 Å². The molecule has 7 nitrogen and oxygen atoms in total. The predicted molar refractivity (Wildman–Crippen MR) is 110 cm³/mol. The summed E-state index contributed by atoms with van der Waals surface area (Å²) in [4.78, 5) is 20.2. The molecule has 0 fully saturated rings. The molecule has 0 aliphatic carbocycles. The van der Waals surface area contributed by atoms with Crippen LogP contribution in [0.25, 0.3) is 0 Å². The molecule has 152 valence electrons. The van der Waals surface area contributed by atoms with Crippen LogP contribution in [0, 0.1) is 6.92 Å². The SMILES string of the molecule is CCNC(=NCC(=O)N1CCc2sccc2C1)NCC(C)(O)c1ccc(C)o1. The number of furan rings is 1. The van der Waals surface area contributed by atoms with E-state index in [-0.39, 0.29) is 19.0 Å². The Morgan fingerprint density at radius 2 is 2.21 bits per heavy atom. The Morgan fingerprint density at radius 1 is 1.39 bits per heavy atom. The summed E-state index contributed by atoms with van der Waals surface area (Å²) in [6, 6.07) is 5.67. The fourth-order valence-electron chi connectivity index (χ4n) is 3.12. The van der Waals surface area contributed by atoms with Gasteiger partial charge in [0.25, 0.3) is 0 Å². The second-order valence-corrected chi connectivity index (χ2v) is 8.17. The number of hydrogen-bond donors (Lipinski definition) is 3. The number of aliphatic imine (C=N–C) groups is 1. The summed E-state index contributed by atoms with van der Waals surface area (Å²) >= 11 is 1.76. The highest BCUT2D eigenvalue weighted by molar-refractivity contribution is 7.10. The summed E-state index contributed by atoms with van der Waals surface area (Å²) in [6.07, 6.45) is 0.909. The van der Waals surface area contributed by atoms with Gasteiger partial charge in [-0.3, -0.25) is 4.79 Å². The van der Waals surface area contributed by atoms with Crippen LogP contribution in [-0.4, -0.2) is 48.1 Å². The minimum Gasteiger partial charge on any atom is -0.463 e. The number of aryl methyl sites for hydroxylation is 1. The zero-order chi connectivity index (χ0) is 20.1. The monoisotopic (exact) mass is 404 g/mol. The van der Waals surface area contributed by atoms with Crippen molar-refractivity contribution >= 4 is 23.2 Å². The molecular weight excluding hydrogens is 376 g/mol. The number of hydrogen-bond acceptors (Lipinski definition) is 5. The van der Waals surface area contributed by atoms with E-state index in [2.05, 4.69) is 27.1 Å². The molecule has 0 bridgehead atoms. The molecule has 2 aromatic heterocycles. The number of nitrogens with one attached hydrogen (secondary N) is 2. The lowest BCUT2D eigenvalue weighted by molar-refractivity contribution is -0.130. The predicted octanol–water partition coefficient (Wildman–Crippen LogP) is 2.00.